The first kappa shape index (κ1) is 17.3. The highest BCUT2D eigenvalue weighted by Crippen LogP contribution is 2.26. The number of thioether (sulfide) groups is 1. The third-order valence-corrected chi connectivity index (χ3v) is 4.52. The molecule has 2 N–H and O–H groups in total. The Morgan fingerprint density at radius 1 is 1.36 bits per heavy atom. The topological polar surface area (TPSA) is 67.0 Å². The molecule has 0 aliphatic rings. The number of anilines is 1. The molecule has 1 aromatic heterocycles. The van der Waals surface area contributed by atoms with Crippen molar-refractivity contribution in [3.05, 3.63) is 48.3 Å². The minimum Gasteiger partial charge on any atom is -0.494 e. The molecule has 1 heterocycles. The summed E-state index contributed by atoms with van der Waals surface area (Å²) in [7, 11) is 0. The Morgan fingerprint density at radius 2 is 2.16 bits per heavy atom. The first-order chi connectivity index (χ1) is 12.1. The number of hydrogen-bond acceptors (Lipinski definition) is 4. The first-order valence-electron chi connectivity index (χ1n) is 7.91. The van der Waals surface area contributed by atoms with E-state index < -0.39 is 11.1 Å². The van der Waals surface area contributed by atoms with Crippen molar-refractivity contribution in [2.75, 3.05) is 11.9 Å². The van der Waals surface area contributed by atoms with Gasteiger partial charge in [-0.05, 0) is 38.1 Å². The molecule has 1 amide bonds. The lowest BCUT2D eigenvalue weighted by atomic mass is 10.3. The lowest BCUT2D eigenvalue weighted by Gasteiger charge is -2.10. The van der Waals surface area contributed by atoms with Gasteiger partial charge in [0, 0.05) is 6.07 Å². The van der Waals surface area contributed by atoms with Crippen LogP contribution in [0.1, 0.15) is 13.8 Å². The Labute approximate surface area is 149 Å². The SMILES string of the molecule is CCOc1ccc2nc(SC(C)C(=O)Nc3ccccc3F)[nH]c2c1. The highest BCUT2D eigenvalue weighted by Gasteiger charge is 2.18. The number of imidazole rings is 1. The Morgan fingerprint density at radius 3 is 2.92 bits per heavy atom. The van der Waals surface area contributed by atoms with Crippen LogP contribution < -0.4 is 10.1 Å². The first-order valence-corrected chi connectivity index (χ1v) is 8.79. The van der Waals surface area contributed by atoms with E-state index in [0.29, 0.717) is 11.8 Å². The molecule has 0 aliphatic carbocycles. The molecule has 130 valence electrons. The summed E-state index contributed by atoms with van der Waals surface area (Å²) in [6, 6.07) is 11.7. The number of fused-ring (bicyclic) bond motifs is 1. The molecule has 0 aliphatic heterocycles. The fourth-order valence-corrected chi connectivity index (χ4v) is 3.12. The summed E-state index contributed by atoms with van der Waals surface area (Å²) in [4.78, 5) is 19.9. The summed E-state index contributed by atoms with van der Waals surface area (Å²) in [5.41, 5.74) is 1.81. The molecule has 0 fully saturated rings. The normalized spacial score (nSPS) is 12.1. The minimum atomic E-state index is -0.458. The summed E-state index contributed by atoms with van der Waals surface area (Å²) in [5, 5.41) is 2.78. The number of ether oxygens (including phenoxy) is 1. The van der Waals surface area contributed by atoms with E-state index in [2.05, 4.69) is 15.3 Å². The summed E-state index contributed by atoms with van der Waals surface area (Å²) in [6.07, 6.45) is 0. The second-order valence-electron chi connectivity index (χ2n) is 5.38. The monoisotopic (exact) mass is 359 g/mol. The van der Waals surface area contributed by atoms with Crippen LogP contribution in [0.2, 0.25) is 0 Å². The van der Waals surface area contributed by atoms with Crippen LogP contribution in [0.3, 0.4) is 0 Å². The smallest absolute Gasteiger partial charge is 0.237 e. The van der Waals surface area contributed by atoms with Crippen LogP contribution in [0, 0.1) is 5.82 Å². The van der Waals surface area contributed by atoms with Crippen LogP contribution in [-0.4, -0.2) is 27.7 Å². The van der Waals surface area contributed by atoms with E-state index in [0.717, 1.165) is 16.8 Å². The molecule has 1 unspecified atom stereocenters. The van der Waals surface area contributed by atoms with E-state index in [-0.39, 0.29) is 11.6 Å². The third-order valence-electron chi connectivity index (χ3n) is 3.53. The number of carbonyl (C=O) groups is 1. The molecule has 0 saturated heterocycles. The minimum absolute atomic E-state index is 0.172. The number of benzene rings is 2. The molecule has 0 radical (unpaired) electrons. The van der Waals surface area contributed by atoms with Crippen molar-refractivity contribution in [1.82, 2.24) is 9.97 Å². The van der Waals surface area contributed by atoms with Crippen molar-refractivity contribution in [3.63, 3.8) is 0 Å². The van der Waals surface area contributed by atoms with Gasteiger partial charge in [-0.3, -0.25) is 4.79 Å². The maximum Gasteiger partial charge on any atom is 0.237 e. The van der Waals surface area contributed by atoms with Crippen LogP contribution in [0.15, 0.2) is 47.6 Å². The van der Waals surface area contributed by atoms with Gasteiger partial charge in [-0.15, -0.1) is 0 Å². The van der Waals surface area contributed by atoms with Gasteiger partial charge in [0.2, 0.25) is 5.91 Å². The number of aromatic amines is 1. The predicted octanol–water partition coefficient (Wildman–Crippen LogP) is 4.22. The van der Waals surface area contributed by atoms with Crippen molar-refractivity contribution < 1.29 is 13.9 Å². The quantitative estimate of drug-likeness (QED) is 0.647. The lowest BCUT2D eigenvalue weighted by molar-refractivity contribution is -0.115. The zero-order valence-electron chi connectivity index (χ0n) is 13.9. The Hall–Kier alpha value is -2.54. The third kappa shape index (κ3) is 4.11. The lowest BCUT2D eigenvalue weighted by Crippen LogP contribution is -2.23. The average molecular weight is 359 g/mol. The number of nitrogens with zero attached hydrogens (tertiary/aromatic N) is 1. The summed E-state index contributed by atoms with van der Waals surface area (Å²) >= 11 is 1.28. The molecule has 1 atom stereocenters. The Kier molecular flexibility index (Phi) is 5.23. The van der Waals surface area contributed by atoms with Gasteiger partial charge in [0.05, 0.1) is 28.6 Å². The molecule has 3 rings (SSSR count). The van der Waals surface area contributed by atoms with Crippen molar-refractivity contribution in [2.45, 2.75) is 24.3 Å². The second-order valence-corrected chi connectivity index (χ2v) is 6.71. The van der Waals surface area contributed by atoms with Gasteiger partial charge in [-0.2, -0.15) is 0 Å². The van der Waals surface area contributed by atoms with Crippen LogP contribution in [0.25, 0.3) is 11.0 Å². The van der Waals surface area contributed by atoms with Crippen LogP contribution in [0.5, 0.6) is 5.75 Å². The van der Waals surface area contributed by atoms with Gasteiger partial charge in [0.25, 0.3) is 0 Å². The number of amides is 1. The largest absolute Gasteiger partial charge is 0.494 e. The maximum atomic E-state index is 13.6. The summed E-state index contributed by atoms with van der Waals surface area (Å²) in [6.45, 7) is 4.27. The number of hydrogen-bond donors (Lipinski definition) is 2. The number of rotatable bonds is 6. The van der Waals surface area contributed by atoms with E-state index in [1.165, 1.54) is 23.9 Å². The zero-order valence-corrected chi connectivity index (χ0v) is 14.7. The molecule has 5 nitrogen and oxygen atoms in total. The molecular formula is C18H18FN3O2S. The molecule has 2 aromatic carbocycles. The zero-order chi connectivity index (χ0) is 17.8. The summed E-state index contributed by atoms with van der Waals surface area (Å²) in [5.74, 6) is 0.0198. The van der Waals surface area contributed by atoms with E-state index >= 15 is 0 Å². The Bertz CT molecular complexity index is 897. The highest BCUT2D eigenvalue weighted by atomic mass is 32.2. The second kappa shape index (κ2) is 7.57. The maximum absolute atomic E-state index is 13.6. The number of halogens is 1. The standard InChI is InChI=1S/C18H18FN3O2S/c1-3-24-12-8-9-15-16(10-12)22-18(21-15)25-11(2)17(23)20-14-7-5-4-6-13(14)19/h4-11H,3H2,1-2H3,(H,20,23)(H,21,22). The number of nitrogens with one attached hydrogen (secondary N) is 2. The van der Waals surface area contributed by atoms with Gasteiger partial charge in [-0.25, -0.2) is 9.37 Å². The van der Waals surface area contributed by atoms with Crippen molar-refractivity contribution in [1.29, 1.82) is 0 Å². The van der Waals surface area contributed by atoms with Gasteiger partial charge in [0.15, 0.2) is 5.16 Å². The van der Waals surface area contributed by atoms with E-state index in [4.69, 9.17) is 4.74 Å². The number of para-hydroxylation sites is 1. The molecule has 0 spiro atoms. The average Bonchev–Trinajstić information content (AvgIpc) is 2.98. The number of H-pyrrole nitrogens is 1. The molecule has 25 heavy (non-hydrogen) atoms. The van der Waals surface area contributed by atoms with Crippen LogP contribution >= 0.6 is 11.8 Å². The molecule has 7 heteroatoms. The molecule has 0 bridgehead atoms. The predicted molar refractivity (Wildman–Crippen MR) is 97.6 cm³/mol. The van der Waals surface area contributed by atoms with Gasteiger partial charge in [0.1, 0.15) is 11.6 Å². The summed E-state index contributed by atoms with van der Waals surface area (Å²) < 4.78 is 19.1. The van der Waals surface area contributed by atoms with Gasteiger partial charge in [-0.1, -0.05) is 23.9 Å². The molecule has 3 aromatic rings. The Balaban J connectivity index is 1.69. The highest BCUT2D eigenvalue weighted by molar-refractivity contribution is 8.00. The van der Waals surface area contributed by atoms with Crippen LogP contribution in [-0.2, 0) is 4.79 Å². The van der Waals surface area contributed by atoms with E-state index in [1.807, 2.05) is 25.1 Å². The number of aromatic nitrogens is 2. The van der Waals surface area contributed by atoms with Crippen LogP contribution in [0.4, 0.5) is 10.1 Å². The fourth-order valence-electron chi connectivity index (χ4n) is 2.30. The van der Waals surface area contributed by atoms with E-state index in [1.54, 1.807) is 19.1 Å². The van der Waals surface area contributed by atoms with Crippen molar-refractivity contribution >= 4 is 34.4 Å². The molecule has 0 saturated carbocycles. The van der Waals surface area contributed by atoms with Gasteiger partial charge >= 0.3 is 0 Å². The van der Waals surface area contributed by atoms with Gasteiger partial charge < -0.3 is 15.0 Å². The van der Waals surface area contributed by atoms with Crippen molar-refractivity contribution in [2.24, 2.45) is 0 Å². The number of carbonyl (C=O) groups excluding carboxylic acids is 1. The fraction of sp³-hybridized carbons (Fsp3) is 0.222. The van der Waals surface area contributed by atoms with E-state index in [9.17, 15) is 9.18 Å². The molecular weight excluding hydrogens is 341 g/mol. The van der Waals surface area contributed by atoms with Crippen molar-refractivity contribution in [3.8, 4) is 5.75 Å².